The average molecular weight is 312 g/mol. The minimum Gasteiger partial charge on any atom is -0.488 e. The number of alkyl halides is 1. The normalized spacial score (nSPS) is 18.6. The molecule has 0 bridgehead atoms. The van der Waals surface area contributed by atoms with Crippen molar-refractivity contribution in [1.29, 1.82) is 0 Å². The summed E-state index contributed by atoms with van der Waals surface area (Å²) >= 11 is 3.50. The highest BCUT2D eigenvalue weighted by atomic mass is 79.9. The molecule has 0 amide bonds. The van der Waals surface area contributed by atoms with Crippen LogP contribution in [0.5, 0.6) is 5.75 Å². The van der Waals surface area contributed by atoms with Gasteiger partial charge in [-0.15, -0.1) is 0 Å². The first kappa shape index (κ1) is 13.9. The lowest BCUT2D eigenvalue weighted by Gasteiger charge is -2.27. The Morgan fingerprint density at radius 2 is 2.22 bits per heavy atom. The summed E-state index contributed by atoms with van der Waals surface area (Å²) < 4.78 is 5.96. The van der Waals surface area contributed by atoms with Gasteiger partial charge in [-0.2, -0.15) is 0 Å². The third-order valence-electron chi connectivity index (χ3n) is 3.48. The van der Waals surface area contributed by atoms with Crippen molar-refractivity contribution in [2.24, 2.45) is 0 Å². The van der Waals surface area contributed by atoms with Crippen LogP contribution in [0.15, 0.2) is 18.2 Å². The molecule has 0 aliphatic carbocycles. The van der Waals surface area contributed by atoms with E-state index in [1.165, 1.54) is 11.1 Å². The Balaban J connectivity index is 1.88. The summed E-state index contributed by atoms with van der Waals surface area (Å²) in [6, 6.07) is 6.44. The molecule has 0 radical (unpaired) electrons. The molecule has 1 aliphatic rings. The monoisotopic (exact) mass is 311 g/mol. The summed E-state index contributed by atoms with van der Waals surface area (Å²) in [4.78, 5) is 0. The van der Waals surface area contributed by atoms with Crippen LogP contribution in [0.3, 0.4) is 0 Å². The van der Waals surface area contributed by atoms with Crippen LogP contribution in [-0.2, 0) is 6.42 Å². The highest BCUT2D eigenvalue weighted by molar-refractivity contribution is 9.09. The van der Waals surface area contributed by atoms with Crippen LogP contribution in [0, 0.1) is 6.92 Å². The Morgan fingerprint density at radius 1 is 1.44 bits per heavy atom. The molecule has 1 unspecified atom stereocenters. The van der Waals surface area contributed by atoms with Crippen molar-refractivity contribution in [2.45, 2.75) is 45.3 Å². The van der Waals surface area contributed by atoms with Crippen LogP contribution >= 0.6 is 15.9 Å². The van der Waals surface area contributed by atoms with Gasteiger partial charge in [0.15, 0.2) is 0 Å². The summed E-state index contributed by atoms with van der Waals surface area (Å²) in [5, 5.41) is 4.62. The van der Waals surface area contributed by atoms with E-state index in [2.05, 4.69) is 60.2 Å². The van der Waals surface area contributed by atoms with E-state index in [9.17, 15) is 0 Å². The topological polar surface area (TPSA) is 21.3 Å². The number of fused-ring (bicyclic) bond motifs is 1. The summed E-state index contributed by atoms with van der Waals surface area (Å²) in [7, 11) is 0. The first-order valence-electron chi connectivity index (χ1n) is 6.57. The van der Waals surface area contributed by atoms with Gasteiger partial charge in [-0.3, -0.25) is 0 Å². The second-order valence-electron chi connectivity index (χ2n) is 5.76. The molecule has 1 heterocycles. The number of hydrogen-bond acceptors (Lipinski definition) is 2. The summed E-state index contributed by atoms with van der Waals surface area (Å²) in [6.07, 6.45) is 2.41. The molecular weight excluding hydrogens is 290 g/mol. The molecule has 2 rings (SSSR count). The number of nitrogens with one attached hydrogen (secondary N) is 1. The number of aryl methyl sites for hydroxylation is 1. The van der Waals surface area contributed by atoms with Crippen molar-refractivity contribution < 1.29 is 4.74 Å². The Bertz CT molecular complexity index is 417. The van der Waals surface area contributed by atoms with Crippen LogP contribution in [0.4, 0.5) is 0 Å². The first-order valence-corrected chi connectivity index (χ1v) is 7.69. The maximum atomic E-state index is 5.96. The molecule has 0 saturated carbocycles. The smallest absolute Gasteiger partial charge is 0.123 e. The Hall–Kier alpha value is -0.540. The molecule has 18 heavy (non-hydrogen) atoms. The molecule has 1 aromatic rings. The van der Waals surface area contributed by atoms with Crippen molar-refractivity contribution in [3.05, 3.63) is 29.3 Å². The summed E-state index contributed by atoms with van der Waals surface area (Å²) in [5.74, 6) is 1.06. The molecule has 1 aromatic carbocycles. The molecule has 1 atom stereocenters. The highest BCUT2D eigenvalue weighted by Crippen LogP contribution is 2.29. The van der Waals surface area contributed by atoms with Crippen LogP contribution in [0.2, 0.25) is 0 Å². The van der Waals surface area contributed by atoms with Gasteiger partial charge in [-0.1, -0.05) is 33.6 Å². The zero-order valence-electron chi connectivity index (χ0n) is 11.4. The van der Waals surface area contributed by atoms with Gasteiger partial charge >= 0.3 is 0 Å². The van der Waals surface area contributed by atoms with Crippen molar-refractivity contribution in [3.63, 3.8) is 0 Å². The number of halogens is 1. The van der Waals surface area contributed by atoms with Crippen molar-refractivity contribution in [2.75, 3.05) is 11.9 Å². The fourth-order valence-electron chi connectivity index (χ4n) is 2.28. The van der Waals surface area contributed by atoms with Crippen LogP contribution < -0.4 is 10.1 Å². The average Bonchev–Trinajstić information content (AvgIpc) is 2.68. The Morgan fingerprint density at radius 3 is 2.94 bits per heavy atom. The lowest BCUT2D eigenvalue weighted by atomic mass is 10.0. The van der Waals surface area contributed by atoms with Gasteiger partial charge in [-0.05, 0) is 38.8 Å². The Kier molecular flexibility index (Phi) is 4.33. The lowest BCUT2D eigenvalue weighted by molar-refractivity contribution is 0.207. The number of benzene rings is 1. The molecule has 0 aromatic heterocycles. The summed E-state index contributed by atoms with van der Waals surface area (Å²) in [6.45, 7) is 7.51. The maximum absolute atomic E-state index is 5.96. The largest absolute Gasteiger partial charge is 0.488 e. The van der Waals surface area contributed by atoms with Crippen molar-refractivity contribution >= 4 is 15.9 Å². The molecule has 0 spiro atoms. The molecule has 2 nitrogen and oxygen atoms in total. The fourth-order valence-corrected chi connectivity index (χ4v) is 3.27. The maximum Gasteiger partial charge on any atom is 0.123 e. The van der Waals surface area contributed by atoms with E-state index in [-0.39, 0.29) is 11.6 Å². The molecular formula is C15H22BrNO. The van der Waals surface area contributed by atoms with E-state index in [1.807, 2.05) is 0 Å². The number of hydrogen-bond donors (Lipinski definition) is 1. The van der Waals surface area contributed by atoms with E-state index in [4.69, 9.17) is 4.74 Å². The van der Waals surface area contributed by atoms with Crippen LogP contribution in [0.25, 0.3) is 0 Å². The van der Waals surface area contributed by atoms with E-state index >= 15 is 0 Å². The standard InChI is InChI=1S/C15H22BrNO/c1-11-4-5-14-12(8-11)9-13(18-14)10-17-15(2,3)6-7-16/h4-5,8,13,17H,6-7,9-10H2,1-3H3. The molecule has 0 saturated heterocycles. The lowest BCUT2D eigenvalue weighted by Crippen LogP contribution is -2.44. The highest BCUT2D eigenvalue weighted by Gasteiger charge is 2.25. The van der Waals surface area contributed by atoms with Gasteiger partial charge in [0.05, 0.1) is 0 Å². The minimum atomic E-state index is 0.164. The zero-order chi connectivity index (χ0) is 13.2. The summed E-state index contributed by atoms with van der Waals surface area (Å²) in [5.41, 5.74) is 2.82. The molecule has 1 aliphatic heterocycles. The van der Waals surface area contributed by atoms with Crippen molar-refractivity contribution in [1.82, 2.24) is 5.32 Å². The Labute approximate surface area is 118 Å². The van der Waals surface area contributed by atoms with Crippen LogP contribution in [0.1, 0.15) is 31.4 Å². The van der Waals surface area contributed by atoms with E-state index in [0.29, 0.717) is 0 Å². The minimum absolute atomic E-state index is 0.164. The molecule has 0 fully saturated rings. The van der Waals surface area contributed by atoms with Crippen LogP contribution in [-0.4, -0.2) is 23.5 Å². The van der Waals surface area contributed by atoms with Gasteiger partial charge in [0.25, 0.3) is 0 Å². The molecule has 3 heteroatoms. The van der Waals surface area contributed by atoms with Gasteiger partial charge in [0.1, 0.15) is 11.9 Å². The zero-order valence-corrected chi connectivity index (χ0v) is 13.0. The van der Waals surface area contributed by atoms with Gasteiger partial charge in [0.2, 0.25) is 0 Å². The third-order valence-corrected chi connectivity index (χ3v) is 3.88. The second-order valence-corrected chi connectivity index (χ2v) is 6.55. The van der Waals surface area contributed by atoms with Crippen molar-refractivity contribution in [3.8, 4) is 5.75 Å². The van der Waals surface area contributed by atoms with Gasteiger partial charge in [-0.25, -0.2) is 0 Å². The second kappa shape index (κ2) is 5.62. The van der Waals surface area contributed by atoms with Gasteiger partial charge < -0.3 is 10.1 Å². The third kappa shape index (κ3) is 3.48. The fraction of sp³-hybridized carbons (Fsp3) is 0.600. The number of rotatable bonds is 5. The number of ether oxygens (including phenoxy) is 1. The molecule has 100 valence electrons. The quantitative estimate of drug-likeness (QED) is 0.841. The van der Waals surface area contributed by atoms with E-state index in [1.54, 1.807) is 0 Å². The predicted molar refractivity (Wildman–Crippen MR) is 79.8 cm³/mol. The van der Waals surface area contributed by atoms with E-state index in [0.717, 1.165) is 30.5 Å². The van der Waals surface area contributed by atoms with E-state index < -0.39 is 0 Å². The predicted octanol–water partition coefficient (Wildman–Crippen LogP) is 3.45. The first-order chi connectivity index (χ1) is 8.50. The SMILES string of the molecule is Cc1ccc2c(c1)CC(CNC(C)(C)CCBr)O2. The molecule has 1 N–H and O–H groups in total. The van der Waals surface area contributed by atoms with Gasteiger partial charge in [0, 0.05) is 23.8 Å².